The molecule has 140 valence electrons. The molecule has 0 aliphatic rings. The first-order valence-corrected chi connectivity index (χ1v) is 9.61. The van der Waals surface area contributed by atoms with Crippen molar-refractivity contribution < 1.29 is 4.79 Å². The fourth-order valence-corrected chi connectivity index (χ4v) is 3.28. The molecule has 0 unspecified atom stereocenters. The van der Waals surface area contributed by atoms with Gasteiger partial charge in [0.2, 0.25) is 0 Å². The van der Waals surface area contributed by atoms with Crippen LogP contribution in [-0.4, -0.2) is 37.5 Å². The van der Waals surface area contributed by atoms with Crippen LogP contribution in [0.15, 0.2) is 34.6 Å². The number of nitrogens with one attached hydrogen (secondary N) is 3. The van der Waals surface area contributed by atoms with Gasteiger partial charge in [-0.05, 0) is 30.0 Å². The highest BCUT2D eigenvalue weighted by atomic mass is 32.1. The molecule has 0 aliphatic carbocycles. The van der Waals surface area contributed by atoms with E-state index in [0.29, 0.717) is 18.0 Å². The molecular formula is C19H27N5OS. The van der Waals surface area contributed by atoms with Crippen molar-refractivity contribution >= 4 is 23.2 Å². The molecule has 6 nitrogen and oxygen atoms in total. The Morgan fingerprint density at radius 3 is 2.77 bits per heavy atom. The maximum absolute atomic E-state index is 11.7. The second-order valence-corrected chi connectivity index (χ2v) is 7.15. The number of thiazole rings is 1. The van der Waals surface area contributed by atoms with Crippen molar-refractivity contribution in [1.29, 1.82) is 0 Å². The van der Waals surface area contributed by atoms with Crippen LogP contribution in [0, 0.1) is 0 Å². The average Bonchev–Trinajstić information content (AvgIpc) is 3.13. The molecule has 2 aromatic rings. The van der Waals surface area contributed by atoms with Gasteiger partial charge in [0.15, 0.2) is 5.96 Å². The summed E-state index contributed by atoms with van der Waals surface area (Å²) >= 11 is 1.66. The third-order valence-corrected chi connectivity index (χ3v) is 4.78. The standard InChI is InChI=1S/C19H27N5OS/c1-13(2)16-12-26-17(24-16)11-23-19(21-4)22-9-8-14-6-5-7-15(10-14)18(25)20-3/h5-7,10,12-13H,8-9,11H2,1-4H3,(H,20,25)(H2,21,22,23). The van der Waals surface area contributed by atoms with E-state index in [1.54, 1.807) is 25.4 Å². The Balaban J connectivity index is 1.80. The zero-order valence-corrected chi connectivity index (χ0v) is 16.6. The van der Waals surface area contributed by atoms with Gasteiger partial charge < -0.3 is 16.0 Å². The van der Waals surface area contributed by atoms with E-state index in [9.17, 15) is 4.79 Å². The summed E-state index contributed by atoms with van der Waals surface area (Å²) in [5.41, 5.74) is 2.92. The fourth-order valence-electron chi connectivity index (χ4n) is 2.39. The predicted molar refractivity (Wildman–Crippen MR) is 108 cm³/mol. The molecule has 0 spiro atoms. The lowest BCUT2D eigenvalue weighted by atomic mass is 10.1. The third kappa shape index (κ3) is 5.84. The molecule has 7 heteroatoms. The summed E-state index contributed by atoms with van der Waals surface area (Å²) in [6, 6.07) is 7.66. The van der Waals surface area contributed by atoms with E-state index < -0.39 is 0 Å². The first-order chi connectivity index (χ1) is 12.5. The van der Waals surface area contributed by atoms with Crippen LogP contribution in [0.25, 0.3) is 0 Å². The highest BCUT2D eigenvalue weighted by Gasteiger charge is 2.07. The number of hydrogen-bond acceptors (Lipinski definition) is 4. The number of carbonyl (C=O) groups is 1. The number of rotatable bonds is 7. The molecule has 0 bridgehead atoms. The lowest BCUT2D eigenvalue weighted by Gasteiger charge is -2.11. The number of guanidine groups is 1. The third-order valence-electron chi connectivity index (χ3n) is 3.91. The molecule has 0 aliphatic heterocycles. The van der Waals surface area contributed by atoms with Gasteiger partial charge in [-0.2, -0.15) is 0 Å². The zero-order chi connectivity index (χ0) is 18.9. The van der Waals surface area contributed by atoms with Crippen LogP contribution in [-0.2, 0) is 13.0 Å². The first-order valence-electron chi connectivity index (χ1n) is 8.73. The highest BCUT2D eigenvalue weighted by molar-refractivity contribution is 7.09. The van der Waals surface area contributed by atoms with Crippen LogP contribution in [0.1, 0.15) is 46.4 Å². The van der Waals surface area contributed by atoms with Gasteiger partial charge in [-0.1, -0.05) is 26.0 Å². The highest BCUT2D eigenvalue weighted by Crippen LogP contribution is 2.17. The minimum Gasteiger partial charge on any atom is -0.356 e. The van der Waals surface area contributed by atoms with E-state index >= 15 is 0 Å². The van der Waals surface area contributed by atoms with Crippen molar-refractivity contribution in [2.45, 2.75) is 32.7 Å². The average molecular weight is 374 g/mol. The molecule has 26 heavy (non-hydrogen) atoms. The molecule has 2 rings (SSSR count). The molecule has 0 saturated heterocycles. The minimum absolute atomic E-state index is 0.0681. The number of aromatic nitrogens is 1. The summed E-state index contributed by atoms with van der Waals surface area (Å²) in [7, 11) is 3.39. The quantitative estimate of drug-likeness (QED) is 0.515. The Morgan fingerprint density at radius 1 is 1.31 bits per heavy atom. The zero-order valence-electron chi connectivity index (χ0n) is 15.8. The smallest absolute Gasteiger partial charge is 0.251 e. The van der Waals surface area contributed by atoms with Crippen molar-refractivity contribution in [3.63, 3.8) is 0 Å². The van der Waals surface area contributed by atoms with E-state index in [-0.39, 0.29) is 5.91 Å². The SMILES string of the molecule is CN=C(NCCc1cccc(C(=O)NC)c1)NCc1nc(C(C)C)cs1. The molecular weight excluding hydrogens is 346 g/mol. The van der Waals surface area contributed by atoms with Gasteiger partial charge in [-0.3, -0.25) is 9.79 Å². The monoisotopic (exact) mass is 373 g/mol. The maximum Gasteiger partial charge on any atom is 0.251 e. The second-order valence-electron chi connectivity index (χ2n) is 6.20. The largest absolute Gasteiger partial charge is 0.356 e. The summed E-state index contributed by atoms with van der Waals surface area (Å²) < 4.78 is 0. The normalized spacial score (nSPS) is 11.5. The summed E-state index contributed by atoms with van der Waals surface area (Å²) in [4.78, 5) is 20.6. The van der Waals surface area contributed by atoms with Gasteiger partial charge >= 0.3 is 0 Å². The van der Waals surface area contributed by atoms with Gasteiger partial charge in [0, 0.05) is 31.6 Å². The number of hydrogen-bond donors (Lipinski definition) is 3. The number of nitrogens with zero attached hydrogens (tertiary/aromatic N) is 2. The Bertz CT molecular complexity index is 754. The number of amides is 1. The predicted octanol–water partition coefficient (Wildman–Crippen LogP) is 2.53. The van der Waals surface area contributed by atoms with Crippen LogP contribution in [0.4, 0.5) is 0 Å². The van der Waals surface area contributed by atoms with Gasteiger partial charge in [0.25, 0.3) is 5.91 Å². The summed E-state index contributed by atoms with van der Waals surface area (Å²) in [5, 5.41) is 12.4. The fraction of sp³-hybridized carbons (Fsp3) is 0.421. The van der Waals surface area contributed by atoms with Gasteiger partial charge in [0.05, 0.1) is 12.2 Å². The molecule has 1 heterocycles. The second kappa shape index (κ2) is 9.91. The molecule has 3 N–H and O–H groups in total. The number of benzene rings is 1. The summed E-state index contributed by atoms with van der Waals surface area (Å²) in [5.74, 6) is 1.12. The van der Waals surface area contributed by atoms with E-state index in [1.165, 1.54) is 0 Å². The Labute approximate surface area is 159 Å². The van der Waals surface area contributed by atoms with Gasteiger partial charge in [-0.15, -0.1) is 11.3 Å². The van der Waals surface area contributed by atoms with E-state index in [4.69, 9.17) is 0 Å². The first kappa shape index (κ1) is 19.9. The van der Waals surface area contributed by atoms with Crippen molar-refractivity contribution in [3.05, 3.63) is 51.5 Å². The van der Waals surface area contributed by atoms with Gasteiger partial charge in [-0.25, -0.2) is 4.98 Å². The molecule has 0 atom stereocenters. The Hall–Kier alpha value is -2.41. The molecule has 0 fully saturated rings. The van der Waals surface area contributed by atoms with Crippen molar-refractivity contribution in [3.8, 4) is 0 Å². The lowest BCUT2D eigenvalue weighted by Crippen LogP contribution is -2.37. The molecule has 1 aromatic heterocycles. The Morgan fingerprint density at radius 2 is 2.12 bits per heavy atom. The molecule has 0 saturated carbocycles. The Kier molecular flexibility index (Phi) is 7.59. The van der Waals surface area contributed by atoms with Crippen LogP contribution in [0.3, 0.4) is 0 Å². The van der Waals surface area contributed by atoms with Crippen LogP contribution in [0.5, 0.6) is 0 Å². The van der Waals surface area contributed by atoms with Crippen molar-refractivity contribution in [2.75, 3.05) is 20.6 Å². The van der Waals surface area contributed by atoms with Crippen LogP contribution in [0.2, 0.25) is 0 Å². The van der Waals surface area contributed by atoms with Crippen LogP contribution >= 0.6 is 11.3 Å². The molecule has 1 aromatic carbocycles. The number of aliphatic imine (C=N–C) groups is 1. The van der Waals surface area contributed by atoms with E-state index in [0.717, 1.165) is 35.2 Å². The molecule has 1 amide bonds. The number of carbonyl (C=O) groups excluding carboxylic acids is 1. The lowest BCUT2D eigenvalue weighted by molar-refractivity contribution is 0.0963. The van der Waals surface area contributed by atoms with E-state index in [2.05, 4.69) is 45.2 Å². The summed E-state index contributed by atoms with van der Waals surface area (Å²) in [6.07, 6.45) is 0.806. The minimum atomic E-state index is -0.0681. The van der Waals surface area contributed by atoms with Crippen molar-refractivity contribution in [1.82, 2.24) is 20.9 Å². The topological polar surface area (TPSA) is 78.4 Å². The maximum atomic E-state index is 11.7. The van der Waals surface area contributed by atoms with Crippen LogP contribution < -0.4 is 16.0 Å². The van der Waals surface area contributed by atoms with E-state index in [1.807, 2.05) is 24.3 Å². The molecule has 0 radical (unpaired) electrons. The van der Waals surface area contributed by atoms with Gasteiger partial charge in [0.1, 0.15) is 5.01 Å². The van der Waals surface area contributed by atoms with Crippen molar-refractivity contribution in [2.24, 2.45) is 4.99 Å². The summed E-state index contributed by atoms with van der Waals surface area (Å²) in [6.45, 7) is 5.67.